The first-order valence-electron chi connectivity index (χ1n) is 6.68. The first-order valence-corrected chi connectivity index (χ1v) is 6.68. The summed E-state index contributed by atoms with van der Waals surface area (Å²) in [5, 5.41) is 0. The van der Waals surface area contributed by atoms with E-state index in [0.29, 0.717) is 0 Å². The van der Waals surface area contributed by atoms with Crippen molar-refractivity contribution in [2.45, 2.75) is 45.1 Å². The zero-order valence-electron chi connectivity index (χ0n) is 10.4. The maximum atomic E-state index is 2.68. The molecular weight excluding hydrogens is 194 g/mol. The average Bonchev–Trinajstić information content (AvgIpc) is 2.85. The van der Waals surface area contributed by atoms with Gasteiger partial charge in [0.2, 0.25) is 0 Å². The fraction of sp³-hybridized carbons (Fsp3) is 0.600. The lowest BCUT2D eigenvalue weighted by Crippen LogP contribution is -2.32. The van der Waals surface area contributed by atoms with E-state index < -0.39 is 0 Å². The molecule has 16 heavy (non-hydrogen) atoms. The summed E-state index contributed by atoms with van der Waals surface area (Å²) in [6, 6.07) is 11.7. The molecule has 0 saturated carbocycles. The Morgan fingerprint density at radius 2 is 1.81 bits per heavy atom. The van der Waals surface area contributed by atoms with Gasteiger partial charge in [-0.05, 0) is 50.8 Å². The Morgan fingerprint density at radius 1 is 1.12 bits per heavy atom. The first-order chi connectivity index (χ1) is 7.90. The summed E-state index contributed by atoms with van der Waals surface area (Å²) in [6.45, 7) is 4.98. The monoisotopic (exact) mass is 217 g/mol. The summed E-state index contributed by atoms with van der Waals surface area (Å²) in [4.78, 5) is 2.68. The molecular formula is C15H23N. The Labute approximate surface area is 99.5 Å². The van der Waals surface area contributed by atoms with E-state index in [0.717, 1.165) is 6.04 Å². The molecule has 0 radical (unpaired) electrons. The van der Waals surface area contributed by atoms with Gasteiger partial charge in [-0.25, -0.2) is 0 Å². The largest absolute Gasteiger partial charge is 0.300 e. The highest BCUT2D eigenvalue weighted by Gasteiger charge is 2.19. The van der Waals surface area contributed by atoms with Crippen molar-refractivity contribution in [3.05, 3.63) is 35.9 Å². The normalized spacial score (nSPS) is 18.8. The second-order valence-electron chi connectivity index (χ2n) is 4.83. The SMILES string of the molecule is CCC(CCc1ccccc1)N1CCCC1. The summed E-state index contributed by atoms with van der Waals surface area (Å²) >= 11 is 0. The highest BCUT2D eigenvalue weighted by molar-refractivity contribution is 5.14. The minimum atomic E-state index is 0.808. The summed E-state index contributed by atoms with van der Waals surface area (Å²) in [6.07, 6.45) is 6.66. The van der Waals surface area contributed by atoms with Crippen molar-refractivity contribution >= 4 is 0 Å². The van der Waals surface area contributed by atoms with Crippen molar-refractivity contribution in [3.8, 4) is 0 Å². The van der Waals surface area contributed by atoms with Gasteiger partial charge in [0, 0.05) is 6.04 Å². The molecule has 0 N–H and O–H groups in total. The zero-order valence-corrected chi connectivity index (χ0v) is 10.4. The molecule has 1 fully saturated rings. The van der Waals surface area contributed by atoms with Crippen LogP contribution in [-0.4, -0.2) is 24.0 Å². The fourth-order valence-electron chi connectivity index (χ4n) is 2.73. The highest BCUT2D eigenvalue weighted by atomic mass is 15.2. The van der Waals surface area contributed by atoms with Crippen LogP contribution in [0.1, 0.15) is 38.2 Å². The quantitative estimate of drug-likeness (QED) is 0.729. The van der Waals surface area contributed by atoms with E-state index in [1.54, 1.807) is 0 Å². The van der Waals surface area contributed by atoms with Gasteiger partial charge in [-0.15, -0.1) is 0 Å². The Kier molecular flexibility index (Phi) is 4.41. The second-order valence-corrected chi connectivity index (χ2v) is 4.83. The third-order valence-corrected chi connectivity index (χ3v) is 3.74. The van der Waals surface area contributed by atoms with Crippen LogP contribution >= 0.6 is 0 Å². The lowest BCUT2D eigenvalue weighted by Gasteiger charge is -2.26. The number of benzene rings is 1. The Morgan fingerprint density at radius 3 is 2.44 bits per heavy atom. The number of hydrogen-bond donors (Lipinski definition) is 0. The molecule has 88 valence electrons. The predicted octanol–water partition coefficient (Wildman–Crippen LogP) is 3.49. The highest BCUT2D eigenvalue weighted by Crippen LogP contribution is 2.18. The van der Waals surface area contributed by atoms with E-state index in [1.165, 1.54) is 50.8 Å². The average molecular weight is 217 g/mol. The summed E-state index contributed by atoms with van der Waals surface area (Å²) in [5.41, 5.74) is 1.49. The van der Waals surface area contributed by atoms with Gasteiger partial charge in [-0.2, -0.15) is 0 Å². The van der Waals surface area contributed by atoms with E-state index in [1.807, 2.05) is 0 Å². The molecule has 0 aromatic heterocycles. The van der Waals surface area contributed by atoms with Gasteiger partial charge in [0.15, 0.2) is 0 Å². The Balaban J connectivity index is 1.83. The Hall–Kier alpha value is -0.820. The van der Waals surface area contributed by atoms with Crippen LogP contribution in [0.4, 0.5) is 0 Å². The second kappa shape index (κ2) is 6.05. The van der Waals surface area contributed by atoms with Gasteiger partial charge < -0.3 is 4.90 Å². The van der Waals surface area contributed by atoms with Crippen molar-refractivity contribution in [1.29, 1.82) is 0 Å². The molecule has 1 unspecified atom stereocenters. The van der Waals surface area contributed by atoms with Gasteiger partial charge in [0.25, 0.3) is 0 Å². The molecule has 0 spiro atoms. The first kappa shape index (κ1) is 11.7. The van der Waals surface area contributed by atoms with Crippen molar-refractivity contribution in [2.24, 2.45) is 0 Å². The predicted molar refractivity (Wildman–Crippen MR) is 69.6 cm³/mol. The van der Waals surface area contributed by atoms with Crippen LogP contribution in [-0.2, 0) is 6.42 Å². The van der Waals surface area contributed by atoms with Gasteiger partial charge in [-0.1, -0.05) is 37.3 Å². The third kappa shape index (κ3) is 3.08. The van der Waals surface area contributed by atoms with Gasteiger partial charge in [-0.3, -0.25) is 0 Å². The molecule has 0 bridgehead atoms. The molecule has 1 aliphatic heterocycles. The van der Waals surface area contributed by atoms with Crippen molar-refractivity contribution < 1.29 is 0 Å². The number of nitrogens with zero attached hydrogens (tertiary/aromatic N) is 1. The van der Waals surface area contributed by atoms with Gasteiger partial charge in [0.05, 0.1) is 0 Å². The van der Waals surface area contributed by atoms with E-state index in [-0.39, 0.29) is 0 Å². The fourth-order valence-corrected chi connectivity index (χ4v) is 2.73. The topological polar surface area (TPSA) is 3.24 Å². The van der Waals surface area contributed by atoms with Crippen molar-refractivity contribution in [3.63, 3.8) is 0 Å². The summed E-state index contributed by atoms with van der Waals surface area (Å²) in [7, 11) is 0. The molecule has 0 aliphatic carbocycles. The minimum Gasteiger partial charge on any atom is -0.300 e. The van der Waals surface area contributed by atoms with Crippen molar-refractivity contribution in [1.82, 2.24) is 4.90 Å². The minimum absolute atomic E-state index is 0.808. The molecule has 1 aliphatic rings. The third-order valence-electron chi connectivity index (χ3n) is 3.74. The lowest BCUT2D eigenvalue weighted by atomic mass is 10.0. The van der Waals surface area contributed by atoms with E-state index in [4.69, 9.17) is 0 Å². The summed E-state index contributed by atoms with van der Waals surface area (Å²) in [5.74, 6) is 0. The molecule has 1 aromatic rings. The smallest absolute Gasteiger partial charge is 0.00957 e. The Bertz CT molecular complexity index is 288. The van der Waals surface area contributed by atoms with Crippen LogP contribution in [0.2, 0.25) is 0 Å². The molecule has 1 nitrogen and oxygen atoms in total. The van der Waals surface area contributed by atoms with E-state index in [9.17, 15) is 0 Å². The van der Waals surface area contributed by atoms with Crippen LogP contribution < -0.4 is 0 Å². The molecule has 1 aromatic carbocycles. The van der Waals surface area contributed by atoms with Crippen LogP contribution in [0.3, 0.4) is 0 Å². The maximum Gasteiger partial charge on any atom is 0.00957 e. The van der Waals surface area contributed by atoms with Crippen LogP contribution in [0, 0.1) is 0 Å². The number of likely N-dealkylation sites (tertiary alicyclic amines) is 1. The van der Waals surface area contributed by atoms with E-state index in [2.05, 4.69) is 42.2 Å². The van der Waals surface area contributed by atoms with E-state index >= 15 is 0 Å². The van der Waals surface area contributed by atoms with Gasteiger partial charge in [0.1, 0.15) is 0 Å². The van der Waals surface area contributed by atoms with Crippen LogP contribution in [0.15, 0.2) is 30.3 Å². The molecule has 1 atom stereocenters. The van der Waals surface area contributed by atoms with Gasteiger partial charge >= 0.3 is 0 Å². The molecule has 0 amide bonds. The molecule has 1 saturated heterocycles. The van der Waals surface area contributed by atoms with Crippen LogP contribution in [0.5, 0.6) is 0 Å². The molecule has 2 rings (SSSR count). The standard InChI is InChI=1S/C15H23N/c1-2-15(16-12-6-7-13-16)11-10-14-8-4-3-5-9-14/h3-5,8-9,15H,2,6-7,10-13H2,1H3. The number of rotatable bonds is 5. The van der Waals surface area contributed by atoms with Crippen molar-refractivity contribution in [2.75, 3.05) is 13.1 Å². The number of aryl methyl sites for hydroxylation is 1. The molecule has 1 heteroatoms. The zero-order chi connectivity index (χ0) is 11.2. The summed E-state index contributed by atoms with van der Waals surface area (Å²) < 4.78 is 0. The number of hydrogen-bond acceptors (Lipinski definition) is 1. The lowest BCUT2D eigenvalue weighted by molar-refractivity contribution is 0.224. The molecule has 1 heterocycles. The van der Waals surface area contributed by atoms with Crippen LogP contribution in [0.25, 0.3) is 0 Å². The maximum absolute atomic E-state index is 2.68.